The number of aromatic amines is 1. The van der Waals surface area contributed by atoms with E-state index in [1.54, 1.807) is 0 Å². The van der Waals surface area contributed by atoms with Gasteiger partial charge in [-0.1, -0.05) is 0 Å². The highest BCUT2D eigenvalue weighted by molar-refractivity contribution is 5.80. The van der Waals surface area contributed by atoms with E-state index in [1.165, 1.54) is 5.39 Å². The van der Waals surface area contributed by atoms with E-state index in [2.05, 4.69) is 23.2 Å². The van der Waals surface area contributed by atoms with Crippen LogP contribution in [0.1, 0.15) is 12.8 Å². The summed E-state index contributed by atoms with van der Waals surface area (Å²) in [7, 11) is 0. The van der Waals surface area contributed by atoms with Crippen molar-refractivity contribution in [3.8, 4) is 5.75 Å². The molecule has 2 aromatic rings. The second-order valence-electron chi connectivity index (χ2n) is 4.16. The Labute approximate surface area is 94.4 Å². The Kier molecular flexibility index (Phi) is 2.54. The van der Waals surface area contributed by atoms with Crippen LogP contribution in [0.4, 0.5) is 0 Å². The van der Waals surface area contributed by atoms with Crippen LogP contribution in [-0.2, 0) is 4.74 Å². The van der Waals surface area contributed by atoms with E-state index in [0.717, 1.165) is 37.3 Å². The van der Waals surface area contributed by atoms with Crippen molar-refractivity contribution in [2.75, 3.05) is 13.2 Å². The van der Waals surface area contributed by atoms with Gasteiger partial charge in [0.1, 0.15) is 11.9 Å². The predicted molar refractivity (Wildman–Crippen MR) is 62.8 cm³/mol. The zero-order valence-electron chi connectivity index (χ0n) is 9.11. The number of aromatic nitrogens is 1. The summed E-state index contributed by atoms with van der Waals surface area (Å²) in [6, 6.07) is 8.23. The van der Waals surface area contributed by atoms with Gasteiger partial charge in [-0.05, 0) is 24.3 Å². The van der Waals surface area contributed by atoms with Gasteiger partial charge in [0, 0.05) is 29.9 Å². The van der Waals surface area contributed by atoms with Gasteiger partial charge in [0.25, 0.3) is 0 Å². The molecule has 1 aromatic heterocycles. The Bertz CT molecular complexity index is 471. The Morgan fingerprint density at radius 3 is 2.94 bits per heavy atom. The monoisotopic (exact) mass is 217 g/mol. The summed E-state index contributed by atoms with van der Waals surface area (Å²) in [5.41, 5.74) is 1.15. The number of benzene rings is 1. The molecular formula is C13H15NO2. The van der Waals surface area contributed by atoms with Crippen LogP contribution in [0.5, 0.6) is 5.75 Å². The Morgan fingerprint density at radius 1 is 1.19 bits per heavy atom. The highest BCUT2D eigenvalue weighted by Crippen LogP contribution is 2.22. The minimum absolute atomic E-state index is 0.310. The van der Waals surface area contributed by atoms with Gasteiger partial charge in [-0.15, -0.1) is 0 Å². The molecule has 1 N–H and O–H groups in total. The van der Waals surface area contributed by atoms with Crippen molar-refractivity contribution in [2.45, 2.75) is 18.9 Å². The number of ether oxygens (including phenoxy) is 2. The highest BCUT2D eigenvalue weighted by atomic mass is 16.5. The maximum atomic E-state index is 5.94. The Balaban J connectivity index is 1.77. The van der Waals surface area contributed by atoms with Crippen LogP contribution in [0.2, 0.25) is 0 Å². The molecule has 1 aliphatic rings. The van der Waals surface area contributed by atoms with Gasteiger partial charge >= 0.3 is 0 Å². The minimum Gasteiger partial charge on any atom is -0.490 e. The molecule has 0 bridgehead atoms. The molecule has 1 saturated heterocycles. The molecule has 0 spiro atoms. The molecule has 0 aliphatic carbocycles. The second-order valence-corrected chi connectivity index (χ2v) is 4.16. The van der Waals surface area contributed by atoms with Crippen LogP contribution < -0.4 is 4.74 Å². The SMILES string of the molecule is c1cc2cc(OC3CCOCC3)ccc2[nH]1. The lowest BCUT2D eigenvalue weighted by molar-refractivity contribution is 0.0256. The van der Waals surface area contributed by atoms with Crippen LogP contribution in [0, 0.1) is 0 Å². The molecule has 0 radical (unpaired) electrons. The van der Waals surface area contributed by atoms with E-state index in [0.29, 0.717) is 6.10 Å². The van der Waals surface area contributed by atoms with Crippen molar-refractivity contribution in [3.63, 3.8) is 0 Å². The van der Waals surface area contributed by atoms with Crippen molar-refractivity contribution >= 4 is 10.9 Å². The summed E-state index contributed by atoms with van der Waals surface area (Å²) < 4.78 is 11.2. The van der Waals surface area contributed by atoms with E-state index in [-0.39, 0.29) is 0 Å². The number of hydrogen-bond acceptors (Lipinski definition) is 2. The number of hydrogen-bond donors (Lipinski definition) is 1. The van der Waals surface area contributed by atoms with Gasteiger partial charge in [0.15, 0.2) is 0 Å². The lowest BCUT2D eigenvalue weighted by atomic mass is 10.1. The molecule has 3 nitrogen and oxygen atoms in total. The normalized spacial score (nSPS) is 17.8. The molecule has 84 valence electrons. The van der Waals surface area contributed by atoms with Crippen molar-refractivity contribution in [3.05, 3.63) is 30.5 Å². The first-order chi connectivity index (χ1) is 7.92. The number of rotatable bonds is 2. The molecule has 2 heterocycles. The lowest BCUT2D eigenvalue weighted by Crippen LogP contribution is -2.25. The fourth-order valence-electron chi connectivity index (χ4n) is 2.09. The molecule has 0 unspecified atom stereocenters. The third kappa shape index (κ3) is 1.91. The largest absolute Gasteiger partial charge is 0.490 e. The van der Waals surface area contributed by atoms with Crippen molar-refractivity contribution in [1.29, 1.82) is 0 Å². The van der Waals surface area contributed by atoms with Crippen molar-refractivity contribution in [2.24, 2.45) is 0 Å². The molecule has 0 saturated carbocycles. The van der Waals surface area contributed by atoms with Gasteiger partial charge in [0.2, 0.25) is 0 Å². The molecule has 1 aliphatic heterocycles. The van der Waals surface area contributed by atoms with E-state index in [4.69, 9.17) is 9.47 Å². The average molecular weight is 217 g/mol. The predicted octanol–water partition coefficient (Wildman–Crippen LogP) is 2.73. The summed E-state index contributed by atoms with van der Waals surface area (Å²) in [6.45, 7) is 1.63. The van der Waals surface area contributed by atoms with Crippen LogP contribution in [0.3, 0.4) is 0 Å². The van der Waals surface area contributed by atoms with Gasteiger partial charge in [-0.25, -0.2) is 0 Å². The molecule has 0 atom stereocenters. The van der Waals surface area contributed by atoms with Crippen molar-refractivity contribution < 1.29 is 9.47 Å². The Hall–Kier alpha value is -1.48. The molecular weight excluding hydrogens is 202 g/mol. The van der Waals surface area contributed by atoms with Crippen LogP contribution in [0.25, 0.3) is 10.9 Å². The molecule has 3 heteroatoms. The summed E-state index contributed by atoms with van der Waals surface area (Å²) in [4.78, 5) is 3.17. The number of H-pyrrole nitrogens is 1. The fraction of sp³-hybridized carbons (Fsp3) is 0.385. The average Bonchev–Trinajstić information content (AvgIpc) is 2.77. The fourth-order valence-corrected chi connectivity index (χ4v) is 2.09. The van der Waals surface area contributed by atoms with Crippen LogP contribution >= 0.6 is 0 Å². The van der Waals surface area contributed by atoms with Gasteiger partial charge in [-0.3, -0.25) is 0 Å². The van der Waals surface area contributed by atoms with Gasteiger partial charge in [0.05, 0.1) is 13.2 Å². The molecule has 1 aromatic carbocycles. The quantitative estimate of drug-likeness (QED) is 0.839. The van der Waals surface area contributed by atoms with E-state index >= 15 is 0 Å². The summed E-state index contributed by atoms with van der Waals surface area (Å²) in [5, 5.41) is 1.20. The number of nitrogens with one attached hydrogen (secondary N) is 1. The maximum Gasteiger partial charge on any atom is 0.120 e. The minimum atomic E-state index is 0.310. The third-order valence-electron chi connectivity index (χ3n) is 3.00. The lowest BCUT2D eigenvalue weighted by Gasteiger charge is -2.23. The second kappa shape index (κ2) is 4.18. The summed E-state index contributed by atoms with van der Waals surface area (Å²) in [6.07, 6.45) is 4.24. The molecule has 0 amide bonds. The van der Waals surface area contributed by atoms with Gasteiger partial charge in [-0.2, -0.15) is 0 Å². The smallest absolute Gasteiger partial charge is 0.120 e. The van der Waals surface area contributed by atoms with E-state index in [1.807, 2.05) is 12.3 Å². The van der Waals surface area contributed by atoms with Crippen LogP contribution in [0.15, 0.2) is 30.5 Å². The number of fused-ring (bicyclic) bond motifs is 1. The zero-order valence-corrected chi connectivity index (χ0v) is 9.11. The van der Waals surface area contributed by atoms with Gasteiger partial charge < -0.3 is 14.5 Å². The molecule has 1 fully saturated rings. The zero-order chi connectivity index (χ0) is 10.8. The highest BCUT2D eigenvalue weighted by Gasteiger charge is 2.15. The van der Waals surface area contributed by atoms with E-state index < -0.39 is 0 Å². The third-order valence-corrected chi connectivity index (χ3v) is 3.00. The van der Waals surface area contributed by atoms with Crippen LogP contribution in [-0.4, -0.2) is 24.3 Å². The first-order valence-corrected chi connectivity index (χ1v) is 5.73. The first-order valence-electron chi connectivity index (χ1n) is 5.73. The first kappa shape index (κ1) is 9.73. The summed E-state index contributed by atoms with van der Waals surface area (Å²) >= 11 is 0. The topological polar surface area (TPSA) is 34.2 Å². The Morgan fingerprint density at radius 2 is 2.06 bits per heavy atom. The van der Waals surface area contributed by atoms with E-state index in [9.17, 15) is 0 Å². The molecule has 16 heavy (non-hydrogen) atoms. The standard InChI is InChI=1S/C13H15NO2/c1-2-13-10(3-6-14-13)9-12(1)16-11-4-7-15-8-5-11/h1-3,6,9,11,14H,4-5,7-8H2. The maximum absolute atomic E-state index is 5.94. The van der Waals surface area contributed by atoms with Crippen molar-refractivity contribution in [1.82, 2.24) is 4.98 Å². The molecule has 3 rings (SSSR count). The summed E-state index contributed by atoms with van der Waals surface area (Å²) in [5.74, 6) is 0.957.